The predicted molar refractivity (Wildman–Crippen MR) is 76.1 cm³/mol. The Kier molecular flexibility index (Phi) is 4.14. The van der Waals surface area contributed by atoms with Crippen LogP contribution in [0.4, 0.5) is 0 Å². The molecule has 1 aromatic heterocycles. The van der Waals surface area contributed by atoms with E-state index < -0.39 is 10.0 Å². The van der Waals surface area contributed by atoms with Crippen LogP contribution in [0.1, 0.15) is 30.6 Å². The third-order valence-electron chi connectivity index (χ3n) is 4.04. The zero-order chi connectivity index (χ0) is 14.2. The van der Waals surface area contributed by atoms with E-state index in [1.807, 2.05) is 0 Å². The second-order valence-electron chi connectivity index (χ2n) is 5.26. The number of hydrogen-bond acceptors (Lipinski definition) is 5. The second kappa shape index (κ2) is 5.73. The van der Waals surface area contributed by atoms with Crippen molar-refractivity contribution in [2.24, 2.45) is 0 Å². The first-order valence-electron chi connectivity index (χ1n) is 6.96. The fourth-order valence-corrected chi connectivity index (χ4v) is 6.07. The lowest BCUT2D eigenvalue weighted by atomic mass is 9.91. The summed E-state index contributed by atoms with van der Waals surface area (Å²) in [6, 6.07) is 3.25. The summed E-state index contributed by atoms with van der Waals surface area (Å²) < 4.78 is 33.2. The largest absolute Gasteiger partial charge is 0.391 e. The molecule has 0 spiro atoms. The van der Waals surface area contributed by atoms with E-state index in [2.05, 4.69) is 0 Å². The van der Waals surface area contributed by atoms with Crippen LogP contribution in [-0.4, -0.2) is 43.1 Å². The van der Waals surface area contributed by atoms with Gasteiger partial charge in [0.15, 0.2) is 0 Å². The summed E-state index contributed by atoms with van der Waals surface area (Å²) in [7, 11) is -3.46. The van der Waals surface area contributed by atoms with Crippen molar-refractivity contribution in [1.82, 2.24) is 4.31 Å². The number of rotatable bonds is 3. The van der Waals surface area contributed by atoms with Crippen molar-refractivity contribution < 1.29 is 18.3 Å². The highest BCUT2D eigenvalue weighted by Crippen LogP contribution is 2.34. The molecule has 2 unspecified atom stereocenters. The molecular weight excluding hydrogens is 298 g/mol. The summed E-state index contributed by atoms with van der Waals surface area (Å²) in [6.07, 6.45) is 4.04. The number of fused-ring (bicyclic) bond motifs is 1. The predicted octanol–water partition coefficient (Wildman–Crippen LogP) is 1.57. The Labute approximate surface area is 123 Å². The maximum absolute atomic E-state index is 12.8. The number of morpholine rings is 1. The Balaban J connectivity index is 1.89. The van der Waals surface area contributed by atoms with E-state index >= 15 is 0 Å². The smallest absolute Gasteiger partial charge is 0.252 e. The number of ether oxygens (including phenoxy) is 1. The summed E-state index contributed by atoms with van der Waals surface area (Å²) in [5.74, 6) is 0. The molecule has 112 valence electrons. The Morgan fingerprint density at radius 2 is 2.15 bits per heavy atom. The van der Waals surface area contributed by atoms with Crippen molar-refractivity contribution in [3.63, 3.8) is 0 Å². The standard InChI is InChI=1S/C13H19NO4S2/c15-9-10-5-6-13(19-10)20(16,17)14-7-8-18-12-4-2-1-3-11(12)14/h5-6,11-12,15H,1-4,7-9H2. The Hall–Kier alpha value is -0.470. The van der Waals surface area contributed by atoms with Crippen LogP contribution in [0, 0.1) is 0 Å². The molecule has 1 aliphatic heterocycles. The van der Waals surface area contributed by atoms with Crippen LogP contribution in [0.5, 0.6) is 0 Å². The quantitative estimate of drug-likeness (QED) is 0.919. The fourth-order valence-electron chi connectivity index (χ4n) is 3.06. The summed E-state index contributed by atoms with van der Waals surface area (Å²) in [6.45, 7) is 0.782. The lowest BCUT2D eigenvalue weighted by molar-refractivity contribution is -0.0585. The van der Waals surface area contributed by atoms with Crippen molar-refractivity contribution in [3.8, 4) is 0 Å². The molecule has 1 N–H and O–H groups in total. The van der Waals surface area contributed by atoms with Crippen LogP contribution in [0.15, 0.2) is 16.3 Å². The first kappa shape index (κ1) is 14.5. The molecule has 0 aromatic carbocycles. The van der Waals surface area contributed by atoms with Gasteiger partial charge >= 0.3 is 0 Å². The number of hydrogen-bond donors (Lipinski definition) is 1. The molecule has 2 aliphatic rings. The summed E-state index contributed by atoms with van der Waals surface area (Å²) in [5.41, 5.74) is 0. The van der Waals surface area contributed by atoms with Gasteiger partial charge in [-0.1, -0.05) is 12.8 Å². The summed E-state index contributed by atoms with van der Waals surface area (Å²) in [4.78, 5) is 0.678. The molecule has 1 aromatic rings. The molecule has 20 heavy (non-hydrogen) atoms. The molecule has 7 heteroatoms. The third kappa shape index (κ3) is 2.53. The van der Waals surface area contributed by atoms with Gasteiger partial charge in [0.05, 0.1) is 25.4 Å². The molecule has 2 fully saturated rings. The van der Waals surface area contributed by atoms with Crippen molar-refractivity contribution in [2.75, 3.05) is 13.2 Å². The maximum atomic E-state index is 12.8. The lowest BCUT2D eigenvalue weighted by Crippen LogP contribution is -2.54. The van der Waals surface area contributed by atoms with Gasteiger partial charge in [0.2, 0.25) is 0 Å². The van der Waals surface area contributed by atoms with Crippen molar-refractivity contribution in [3.05, 3.63) is 17.0 Å². The van der Waals surface area contributed by atoms with E-state index in [1.54, 1.807) is 16.4 Å². The molecule has 5 nitrogen and oxygen atoms in total. The lowest BCUT2D eigenvalue weighted by Gasteiger charge is -2.42. The van der Waals surface area contributed by atoms with E-state index in [9.17, 15) is 8.42 Å². The minimum absolute atomic E-state index is 0.0258. The highest BCUT2D eigenvalue weighted by molar-refractivity contribution is 7.91. The molecule has 0 radical (unpaired) electrons. The van der Waals surface area contributed by atoms with Crippen LogP contribution in [0.25, 0.3) is 0 Å². The van der Waals surface area contributed by atoms with Crippen LogP contribution >= 0.6 is 11.3 Å². The SMILES string of the molecule is O=S(=O)(c1ccc(CO)s1)N1CCOC2CCCCC21. The van der Waals surface area contributed by atoms with E-state index in [4.69, 9.17) is 9.84 Å². The molecule has 0 amide bonds. The van der Waals surface area contributed by atoms with Crippen LogP contribution in [0.2, 0.25) is 0 Å². The Morgan fingerprint density at radius 1 is 1.35 bits per heavy atom. The monoisotopic (exact) mass is 317 g/mol. The number of nitrogens with zero attached hydrogens (tertiary/aromatic N) is 1. The van der Waals surface area contributed by atoms with Gasteiger partial charge in [-0.25, -0.2) is 8.42 Å². The first-order chi connectivity index (χ1) is 9.63. The van der Waals surface area contributed by atoms with Gasteiger partial charge < -0.3 is 9.84 Å². The molecule has 1 saturated heterocycles. The third-order valence-corrected chi connectivity index (χ3v) is 7.50. The minimum Gasteiger partial charge on any atom is -0.391 e. The summed E-state index contributed by atoms with van der Waals surface area (Å²) >= 11 is 1.15. The van der Waals surface area contributed by atoms with E-state index in [-0.39, 0.29) is 18.8 Å². The average molecular weight is 317 g/mol. The number of sulfonamides is 1. The Bertz CT molecular complexity index is 567. The second-order valence-corrected chi connectivity index (χ2v) is 8.54. The zero-order valence-corrected chi connectivity index (χ0v) is 12.8. The van der Waals surface area contributed by atoms with Crippen LogP contribution < -0.4 is 0 Å². The van der Waals surface area contributed by atoms with Gasteiger partial charge in [0, 0.05) is 11.4 Å². The van der Waals surface area contributed by atoms with Gasteiger partial charge in [0.1, 0.15) is 4.21 Å². The van der Waals surface area contributed by atoms with Gasteiger partial charge in [-0.15, -0.1) is 11.3 Å². The van der Waals surface area contributed by atoms with Crippen LogP contribution in [0.3, 0.4) is 0 Å². The van der Waals surface area contributed by atoms with Crippen molar-refractivity contribution in [1.29, 1.82) is 0 Å². The summed E-state index contributed by atoms with van der Waals surface area (Å²) in [5, 5.41) is 9.10. The Morgan fingerprint density at radius 3 is 2.90 bits per heavy atom. The van der Waals surface area contributed by atoms with Crippen LogP contribution in [-0.2, 0) is 21.4 Å². The van der Waals surface area contributed by atoms with Gasteiger partial charge in [-0.2, -0.15) is 4.31 Å². The maximum Gasteiger partial charge on any atom is 0.252 e. The molecule has 1 saturated carbocycles. The minimum atomic E-state index is -3.46. The number of aliphatic hydroxyl groups excluding tert-OH is 1. The van der Waals surface area contributed by atoms with E-state index in [1.165, 1.54) is 0 Å². The number of thiophene rings is 1. The zero-order valence-electron chi connectivity index (χ0n) is 11.2. The molecule has 0 bridgehead atoms. The van der Waals surface area contributed by atoms with E-state index in [0.29, 0.717) is 22.2 Å². The van der Waals surface area contributed by atoms with E-state index in [0.717, 1.165) is 37.0 Å². The molecular formula is C13H19NO4S2. The van der Waals surface area contributed by atoms with Crippen molar-refractivity contribution >= 4 is 21.4 Å². The number of aliphatic hydroxyl groups is 1. The van der Waals surface area contributed by atoms with Crippen molar-refractivity contribution in [2.45, 2.75) is 48.6 Å². The topological polar surface area (TPSA) is 66.8 Å². The molecule has 2 heterocycles. The highest BCUT2D eigenvalue weighted by atomic mass is 32.2. The highest BCUT2D eigenvalue weighted by Gasteiger charge is 2.41. The van der Waals surface area contributed by atoms with Gasteiger partial charge in [0.25, 0.3) is 10.0 Å². The average Bonchev–Trinajstić information content (AvgIpc) is 2.96. The van der Waals surface area contributed by atoms with Gasteiger partial charge in [-0.05, 0) is 25.0 Å². The molecule has 3 rings (SSSR count). The fraction of sp³-hybridized carbons (Fsp3) is 0.692. The molecule has 1 aliphatic carbocycles. The van der Waals surface area contributed by atoms with Gasteiger partial charge in [-0.3, -0.25) is 0 Å². The molecule has 2 atom stereocenters. The first-order valence-corrected chi connectivity index (χ1v) is 9.21. The normalized spacial score (nSPS) is 28.2.